The molecule has 0 saturated heterocycles. The second kappa shape index (κ2) is 4.92. The highest BCUT2D eigenvalue weighted by Crippen LogP contribution is 2.38. The Kier molecular flexibility index (Phi) is 3.44. The van der Waals surface area contributed by atoms with Crippen molar-refractivity contribution in [2.24, 2.45) is 0 Å². The van der Waals surface area contributed by atoms with Crippen LogP contribution < -0.4 is 0 Å². The molecule has 7 heteroatoms. The maximum atomic E-state index is 13.5. The topological polar surface area (TPSA) is 50.2 Å². The standard InChI is InChI=1S/C13H7F4NO2/c14-10-6-18-5-8(11(10)12(19)20)7-3-1-2-4-9(7)13(15,16)17/h1-6H,(H,19,20). The molecule has 0 saturated carbocycles. The van der Waals surface area contributed by atoms with Gasteiger partial charge in [0.15, 0.2) is 5.82 Å². The van der Waals surface area contributed by atoms with E-state index >= 15 is 0 Å². The van der Waals surface area contributed by atoms with Crippen molar-refractivity contribution in [3.8, 4) is 11.1 Å². The van der Waals surface area contributed by atoms with Crippen LogP contribution in [0.2, 0.25) is 0 Å². The Morgan fingerprint density at radius 3 is 2.35 bits per heavy atom. The molecule has 1 heterocycles. The molecule has 0 atom stereocenters. The summed E-state index contributed by atoms with van der Waals surface area (Å²) < 4.78 is 52.2. The van der Waals surface area contributed by atoms with Crippen LogP contribution in [-0.4, -0.2) is 16.1 Å². The average molecular weight is 285 g/mol. The third-order valence-corrected chi connectivity index (χ3v) is 2.64. The van der Waals surface area contributed by atoms with Gasteiger partial charge in [0.1, 0.15) is 5.56 Å². The van der Waals surface area contributed by atoms with Crippen molar-refractivity contribution in [3.63, 3.8) is 0 Å². The van der Waals surface area contributed by atoms with Crippen LogP contribution in [0, 0.1) is 5.82 Å². The predicted octanol–water partition coefficient (Wildman–Crippen LogP) is 3.60. The molecule has 0 fully saturated rings. The molecule has 3 nitrogen and oxygen atoms in total. The van der Waals surface area contributed by atoms with Crippen molar-refractivity contribution in [1.29, 1.82) is 0 Å². The number of alkyl halides is 3. The average Bonchev–Trinajstić information content (AvgIpc) is 2.37. The molecule has 2 aromatic rings. The van der Waals surface area contributed by atoms with Gasteiger partial charge in [-0.3, -0.25) is 4.98 Å². The maximum Gasteiger partial charge on any atom is 0.417 e. The third-order valence-electron chi connectivity index (χ3n) is 2.64. The predicted molar refractivity (Wildman–Crippen MR) is 61.6 cm³/mol. The molecule has 1 aromatic heterocycles. The number of carboxylic acids is 1. The first-order chi connectivity index (χ1) is 9.32. The van der Waals surface area contributed by atoms with Crippen molar-refractivity contribution in [2.45, 2.75) is 6.18 Å². The summed E-state index contributed by atoms with van der Waals surface area (Å²) in [5.74, 6) is -2.84. The number of halogens is 4. The number of benzene rings is 1. The quantitative estimate of drug-likeness (QED) is 0.858. The summed E-state index contributed by atoms with van der Waals surface area (Å²) in [6.45, 7) is 0. The van der Waals surface area contributed by atoms with Gasteiger partial charge in [-0.1, -0.05) is 18.2 Å². The van der Waals surface area contributed by atoms with Gasteiger partial charge < -0.3 is 5.11 Å². The van der Waals surface area contributed by atoms with E-state index in [1.54, 1.807) is 0 Å². The van der Waals surface area contributed by atoms with Crippen molar-refractivity contribution in [3.05, 3.63) is 53.6 Å². The van der Waals surface area contributed by atoms with Gasteiger partial charge in [-0.05, 0) is 11.6 Å². The fourth-order valence-corrected chi connectivity index (χ4v) is 1.82. The van der Waals surface area contributed by atoms with E-state index < -0.39 is 40.2 Å². The largest absolute Gasteiger partial charge is 0.478 e. The summed E-state index contributed by atoms with van der Waals surface area (Å²) >= 11 is 0. The summed E-state index contributed by atoms with van der Waals surface area (Å²) in [6.07, 6.45) is -3.14. The molecule has 0 amide bonds. The number of carboxylic acid groups (broad SMARTS) is 1. The highest BCUT2D eigenvalue weighted by atomic mass is 19.4. The SMILES string of the molecule is O=C(O)c1c(F)cncc1-c1ccccc1C(F)(F)F. The number of nitrogens with zero attached hydrogens (tertiary/aromatic N) is 1. The minimum atomic E-state index is -4.68. The van der Waals surface area contributed by atoms with Gasteiger partial charge in [-0.25, -0.2) is 9.18 Å². The van der Waals surface area contributed by atoms with E-state index in [9.17, 15) is 22.4 Å². The molecule has 0 unspecified atom stereocenters. The maximum absolute atomic E-state index is 13.5. The monoisotopic (exact) mass is 285 g/mol. The summed E-state index contributed by atoms with van der Waals surface area (Å²) in [5, 5.41) is 8.95. The van der Waals surface area contributed by atoms with Crippen molar-refractivity contribution in [1.82, 2.24) is 4.98 Å². The van der Waals surface area contributed by atoms with Crippen LogP contribution in [0.5, 0.6) is 0 Å². The molecule has 0 bridgehead atoms. The van der Waals surface area contributed by atoms with Crippen molar-refractivity contribution in [2.75, 3.05) is 0 Å². The van der Waals surface area contributed by atoms with E-state index in [0.717, 1.165) is 18.3 Å². The number of hydrogen-bond donors (Lipinski definition) is 1. The van der Waals surface area contributed by atoms with Gasteiger partial charge in [-0.15, -0.1) is 0 Å². The minimum Gasteiger partial charge on any atom is -0.478 e. The molecule has 0 aliphatic heterocycles. The zero-order valence-electron chi connectivity index (χ0n) is 9.78. The number of hydrogen-bond acceptors (Lipinski definition) is 2. The van der Waals surface area contributed by atoms with Crippen LogP contribution in [0.25, 0.3) is 11.1 Å². The number of rotatable bonds is 2. The fourth-order valence-electron chi connectivity index (χ4n) is 1.82. The second-order valence-corrected chi connectivity index (χ2v) is 3.89. The smallest absolute Gasteiger partial charge is 0.417 e. The Morgan fingerprint density at radius 2 is 1.75 bits per heavy atom. The van der Waals surface area contributed by atoms with Crippen molar-refractivity contribution < 1.29 is 27.5 Å². The van der Waals surface area contributed by atoms with Crippen LogP contribution in [0.3, 0.4) is 0 Å². The highest BCUT2D eigenvalue weighted by Gasteiger charge is 2.34. The van der Waals surface area contributed by atoms with Crippen molar-refractivity contribution >= 4 is 5.97 Å². The Balaban J connectivity index is 2.77. The molecule has 104 valence electrons. The third kappa shape index (κ3) is 2.47. The fraction of sp³-hybridized carbons (Fsp3) is 0.0769. The highest BCUT2D eigenvalue weighted by molar-refractivity contribution is 5.96. The molecule has 0 aliphatic carbocycles. The van der Waals surface area contributed by atoms with Crippen LogP contribution in [0.15, 0.2) is 36.7 Å². The summed E-state index contributed by atoms with van der Waals surface area (Å²) in [7, 11) is 0. The van der Waals surface area contributed by atoms with Crippen LogP contribution >= 0.6 is 0 Å². The lowest BCUT2D eigenvalue weighted by Gasteiger charge is -2.14. The first-order valence-corrected chi connectivity index (χ1v) is 5.35. The normalized spacial score (nSPS) is 11.4. The van der Waals surface area contributed by atoms with Gasteiger partial charge in [0, 0.05) is 11.8 Å². The van der Waals surface area contributed by atoms with E-state index in [1.165, 1.54) is 12.1 Å². The first kappa shape index (κ1) is 14.0. The summed E-state index contributed by atoms with van der Waals surface area (Å²) in [5.41, 5.74) is -2.72. The van der Waals surface area contributed by atoms with Gasteiger partial charge in [0.2, 0.25) is 0 Å². The molecule has 1 aromatic carbocycles. The zero-order chi connectivity index (χ0) is 14.9. The molecular formula is C13H7F4NO2. The Morgan fingerprint density at radius 1 is 1.10 bits per heavy atom. The lowest BCUT2D eigenvalue weighted by Crippen LogP contribution is -2.10. The van der Waals surface area contributed by atoms with E-state index in [2.05, 4.69) is 4.98 Å². The molecule has 0 spiro atoms. The van der Waals surface area contributed by atoms with E-state index in [1.807, 2.05) is 0 Å². The van der Waals surface area contributed by atoms with Gasteiger partial charge in [-0.2, -0.15) is 13.2 Å². The molecular weight excluding hydrogens is 278 g/mol. The molecule has 2 rings (SSSR count). The first-order valence-electron chi connectivity index (χ1n) is 5.35. The van der Waals surface area contributed by atoms with Gasteiger partial charge in [0.05, 0.1) is 11.8 Å². The Hall–Kier alpha value is -2.44. The van der Waals surface area contributed by atoms with Crippen LogP contribution in [0.4, 0.5) is 17.6 Å². The Labute approximate surface area is 110 Å². The molecule has 0 aliphatic rings. The number of aromatic nitrogens is 1. The lowest BCUT2D eigenvalue weighted by molar-refractivity contribution is -0.137. The van der Waals surface area contributed by atoms with Gasteiger partial charge >= 0.3 is 12.1 Å². The number of pyridine rings is 1. The molecule has 20 heavy (non-hydrogen) atoms. The Bertz CT molecular complexity index is 668. The van der Waals surface area contributed by atoms with Crippen LogP contribution in [-0.2, 0) is 6.18 Å². The van der Waals surface area contributed by atoms with E-state index in [-0.39, 0.29) is 0 Å². The number of aromatic carboxylic acids is 1. The zero-order valence-corrected chi connectivity index (χ0v) is 9.78. The number of carbonyl (C=O) groups is 1. The second-order valence-electron chi connectivity index (χ2n) is 3.89. The van der Waals surface area contributed by atoms with Crippen LogP contribution in [0.1, 0.15) is 15.9 Å². The summed E-state index contributed by atoms with van der Waals surface area (Å²) in [4.78, 5) is 14.4. The van der Waals surface area contributed by atoms with Gasteiger partial charge in [0.25, 0.3) is 0 Å². The minimum absolute atomic E-state index is 0.412. The molecule has 1 N–H and O–H groups in total. The lowest BCUT2D eigenvalue weighted by atomic mass is 9.96. The molecule has 0 radical (unpaired) electrons. The van der Waals surface area contributed by atoms with E-state index in [0.29, 0.717) is 6.20 Å². The summed E-state index contributed by atoms with van der Waals surface area (Å²) in [6, 6.07) is 4.35. The van der Waals surface area contributed by atoms with E-state index in [4.69, 9.17) is 5.11 Å².